The summed E-state index contributed by atoms with van der Waals surface area (Å²) in [5.41, 5.74) is 1.35. The zero-order valence-corrected chi connectivity index (χ0v) is 10.4. The Morgan fingerprint density at radius 3 is 3.06 bits per heavy atom. The summed E-state index contributed by atoms with van der Waals surface area (Å²) in [6.45, 7) is 8.01. The van der Waals surface area contributed by atoms with Crippen LogP contribution in [0.3, 0.4) is 0 Å². The van der Waals surface area contributed by atoms with Gasteiger partial charge in [-0.1, -0.05) is 6.92 Å². The molecule has 0 amide bonds. The van der Waals surface area contributed by atoms with Gasteiger partial charge in [0.05, 0.1) is 0 Å². The Balaban J connectivity index is 1.75. The molecule has 0 spiro atoms. The number of H-pyrrole nitrogens is 1. The number of nitrogens with one attached hydrogen (secondary N) is 2. The summed E-state index contributed by atoms with van der Waals surface area (Å²) in [6, 6.07) is 3.55. The molecule has 16 heavy (non-hydrogen) atoms. The van der Waals surface area contributed by atoms with Crippen molar-refractivity contribution < 1.29 is 0 Å². The van der Waals surface area contributed by atoms with Gasteiger partial charge in [-0.15, -0.1) is 0 Å². The van der Waals surface area contributed by atoms with Crippen LogP contribution >= 0.6 is 0 Å². The van der Waals surface area contributed by atoms with Gasteiger partial charge in [0.1, 0.15) is 0 Å². The molecule has 3 nitrogen and oxygen atoms in total. The second-order valence-electron chi connectivity index (χ2n) is 4.80. The molecule has 90 valence electrons. The summed E-state index contributed by atoms with van der Waals surface area (Å²) >= 11 is 0. The van der Waals surface area contributed by atoms with Crippen LogP contribution < -0.4 is 5.32 Å². The van der Waals surface area contributed by atoms with E-state index in [-0.39, 0.29) is 0 Å². The minimum atomic E-state index is 0.688. The Morgan fingerprint density at radius 2 is 2.44 bits per heavy atom. The minimum Gasteiger partial charge on any atom is -0.367 e. The third-order valence-electron chi connectivity index (χ3n) is 3.68. The molecular formula is C13H23N3. The molecule has 1 fully saturated rings. The Labute approximate surface area is 98.2 Å². The molecule has 1 saturated heterocycles. The van der Waals surface area contributed by atoms with E-state index in [9.17, 15) is 0 Å². The van der Waals surface area contributed by atoms with Crippen molar-refractivity contribution in [1.82, 2.24) is 15.2 Å². The fraction of sp³-hybridized carbons (Fsp3) is 0.692. The topological polar surface area (TPSA) is 31.1 Å². The van der Waals surface area contributed by atoms with Crippen LogP contribution in [-0.4, -0.2) is 35.1 Å². The third kappa shape index (κ3) is 2.86. The SMILES string of the molecule is CCN1CCC(NCc2cc[nH]c2)CC1C. The third-order valence-corrected chi connectivity index (χ3v) is 3.68. The molecule has 2 N–H and O–H groups in total. The van der Waals surface area contributed by atoms with Crippen LogP contribution in [0.5, 0.6) is 0 Å². The maximum atomic E-state index is 3.65. The minimum absolute atomic E-state index is 0.688. The molecule has 2 heterocycles. The molecule has 1 aliphatic heterocycles. The van der Waals surface area contributed by atoms with Gasteiger partial charge in [-0.25, -0.2) is 0 Å². The van der Waals surface area contributed by atoms with E-state index in [2.05, 4.69) is 41.3 Å². The van der Waals surface area contributed by atoms with Gasteiger partial charge in [-0.2, -0.15) is 0 Å². The summed E-state index contributed by atoms with van der Waals surface area (Å²) in [5, 5.41) is 3.65. The summed E-state index contributed by atoms with van der Waals surface area (Å²) < 4.78 is 0. The summed E-state index contributed by atoms with van der Waals surface area (Å²) in [6.07, 6.45) is 6.61. The average Bonchev–Trinajstić information content (AvgIpc) is 2.79. The van der Waals surface area contributed by atoms with Crippen molar-refractivity contribution in [1.29, 1.82) is 0 Å². The van der Waals surface area contributed by atoms with Crippen molar-refractivity contribution in [2.24, 2.45) is 0 Å². The second-order valence-corrected chi connectivity index (χ2v) is 4.80. The predicted molar refractivity (Wildman–Crippen MR) is 67.4 cm³/mol. The molecule has 3 heteroatoms. The zero-order valence-electron chi connectivity index (χ0n) is 10.4. The molecule has 1 aromatic heterocycles. The molecule has 2 unspecified atom stereocenters. The lowest BCUT2D eigenvalue weighted by molar-refractivity contribution is 0.142. The zero-order chi connectivity index (χ0) is 11.4. The van der Waals surface area contributed by atoms with Crippen LogP contribution in [0.15, 0.2) is 18.5 Å². The molecule has 2 atom stereocenters. The van der Waals surface area contributed by atoms with Crippen molar-refractivity contribution in [2.75, 3.05) is 13.1 Å². The second kappa shape index (κ2) is 5.51. The van der Waals surface area contributed by atoms with Crippen molar-refractivity contribution >= 4 is 0 Å². The number of aromatic nitrogens is 1. The van der Waals surface area contributed by atoms with Gasteiger partial charge in [-0.05, 0) is 44.5 Å². The molecule has 0 radical (unpaired) electrons. The number of aromatic amines is 1. The predicted octanol–water partition coefficient (Wildman–Crippen LogP) is 1.98. The molecule has 0 aromatic carbocycles. The van der Waals surface area contributed by atoms with Crippen LogP contribution in [-0.2, 0) is 6.54 Å². The van der Waals surface area contributed by atoms with E-state index in [1.54, 1.807) is 0 Å². The lowest BCUT2D eigenvalue weighted by Gasteiger charge is -2.37. The van der Waals surface area contributed by atoms with Crippen LogP contribution in [0, 0.1) is 0 Å². The number of hydrogen-bond donors (Lipinski definition) is 2. The molecule has 2 rings (SSSR count). The highest BCUT2D eigenvalue weighted by atomic mass is 15.2. The fourth-order valence-electron chi connectivity index (χ4n) is 2.61. The van der Waals surface area contributed by atoms with Crippen LogP contribution in [0.25, 0.3) is 0 Å². The van der Waals surface area contributed by atoms with Gasteiger partial charge in [0.2, 0.25) is 0 Å². The van der Waals surface area contributed by atoms with Gasteiger partial charge in [0.25, 0.3) is 0 Å². The summed E-state index contributed by atoms with van der Waals surface area (Å²) in [4.78, 5) is 5.66. The largest absolute Gasteiger partial charge is 0.367 e. The first-order valence-electron chi connectivity index (χ1n) is 6.38. The van der Waals surface area contributed by atoms with Gasteiger partial charge in [0.15, 0.2) is 0 Å². The number of likely N-dealkylation sites (tertiary alicyclic amines) is 1. The maximum absolute atomic E-state index is 3.65. The van der Waals surface area contributed by atoms with E-state index in [0.717, 1.165) is 12.6 Å². The van der Waals surface area contributed by atoms with Gasteiger partial charge in [-0.3, -0.25) is 0 Å². The van der Waals surface area contributed by atoms with Crippen molar-refractivity contribution in [3.63, 3.8) is 0 Å². The fourth-order valence-corrected chi connectivity index (χ4v) is 2.61. The van der Waals surface area contributed by atoms with Crippen molar-refractivity contribution in [2.45, 2.75) is 45.3 Å². The normalized spacial score (nSPS) is 27.1. The molecule has 0 saturated carbocycles. The maximum Gasteiger partial charge on any atom is 0.0223 e. The van der Waals surface area contributed by atoms with E-state index in [0.29, 0.717) is 6.04 Å². The molecule has 0 bridgehead atoms. The highest BCUT2D eigenvalue weighted by Gasteiger charge is 2.23. The molecular weight excluding hydrogens is 198 g/mol. The number of piperidine rings is 1. The average molecular weight is 221 g/mol. The highest BCUT2D eigenvalue weighted by molar-refractivity contribution is 5.07. The van der Waals surface area contributed by atoms with Gasteiger partial charge in [0, 0.05) is 31.0 Å². The highest BCUT2D eigenvalue weighted by Crippen LogP contribution is 2.17. The van der Waals surface area contributed by atoms with Crippen LogP contribution in [0.2, 0.25) is 0 Å². The number of nitrogens with zero attached hydrogens (tertiary/aromatic N) is 1. The first-order valence-corrected chi connectivity index (χ1v) is 6.38. The molecule has 1 aromatic rings. The van der Waals surface area contributed by atoms with Crippen molar-refractivity contribution in [3.8, 4) is 0 Å². The lowest BCUT2D eigenvalue weighted by atomic mass is 9.98. The Hall–Kier alpha value is -0.800. The van der Waals surface area contributed by atoms with Gasteiger partial charge >= 0.3 is 0 Å². The van der Waals surface area contributed by atoms with E-state index >= 15 is 0 Å². The monoisotopic (exact) mass is 221 g/mol. The Morgan fingerprint density at radius 1 is 1.56 bits per heavy atom. The van der Waals surface area contributed by atoms with E-state index < -0.39 is 0 Å². The molecule has 0 aliphatic carbocycles. The smallest absolute Gasteiger partial charge is 0.0223 e. The lowest BCUT2D eigenvalue weighted by Crippen LogP contribution is -2.46. The summed E-state index contributed by atoms with van der Waals surface area (Å²) in [7, 11) is 0. The Kier molecular flexibility index (Phi) is 4.02. The summed E-state index contributed by atoms with van der Waals surface area (Å²) in [5.74, 6) is 0. The number of rotatable bonds is 4. The quantitative estimate of drug-likeness (QED) is 0.814. The van der Waals surface area contributed by atoms with Crippen LogP contribution in [0.4, 0.5) is 0 Å². The Bertz CT molecular complexity index is 294. The standard InChI is InChI=1S/C13H23N3/c1-3-16-7-5-13(8-11(16)2)15-10-12-4-6-14-9-12/h4,6,9,11,13-15H,3,5,7-8,10H2,1-2H3. The van der Waals surface area contributed by atoms with E-state index in [4.69, 9.17) is 0 Å². The molecule has 1 aliphatic rings. The van der Waals surface area contributed by atoms with Crippen molar-refractivity contribution in [3.05, 3.63) is 24.0 Å². The van der Waals surface area contributed by atoms with E-state index in [1.807, 2.05) is 6.20 Å². The van der Waals surface area contributed by atoms with Gasteiger partial charge < -0.3 is 15.2 Å². The first-order chi connectivity index (χ1) is 7.79. The first kappa shape index (κ1) is 11.7. The number of hydrogen-bond acceptors (Lipinski definition) is 2. The van der Waals surface area contributed by atoms with Crippen LogP contribution in [0.1, 0.15) is 32.3 Å². The van der Waals surface area contributed by atoms with E-state index in [1.165, 1.54) is 31.5 Å².